The maximum atomic E-state index is 14.4. The molecule has 37 heavy (non-hydrogen) atoms. The van der Waals surface area contributed by atoms with Gasteiger partial charge in [0.25, 0.3) is 0 Å². The van der Waals surface area contributed by atoms with Crippen LogP contribution in [0.15, 0.2) is 91.5 Å². The summed E-state index contributed by atoms with van der Waals surface area (Å²) in [5.74, 6) is -0.421. The van der Waals surface area contributed by atoms with E-state index in [4.69, 9.17) is 4.63 Å². The lowest BCUT2D eigenvalue weighted by Gasteiger charge is -2.39. The summed E-state index contributed by atoms with van der Waals surface area (Å²) in [6.45, 7) is 0.100. The number of sulfonamides is 1. The average Bonchev–Trinajstić information content (AvgIpc) is 3.40. The second-order valence-electron chi connectivity index (χ2n) is 9.14. The Morgan fingerprint density at radius 2 is 1.68 bits per heavy atom. The van der Waals surface area contributed by atoms with Crippen LogP contribution >= 0.6 is 11.8 Å². The van der Waals surface area contributed by atoms with Crippen LogP contribution in [0.2, 0.25) is 0 Å². The van der Waals surface area contributed by atoms with Crippen LogP contribution in [-0.2, 0) is 10.0 Å². The van der Waals surface area contributed by atoms with E-state index in [1.165, 1.54) is 28.2 Å². The highest BCUT2D eigenvalue weighted by atomic mass is 32.2. The number of rotatable bonds is 5. The Morgan fingerprint density at radius 1 is 0.946 bits per heavy atom. The number of fused-ring (bicyclic) bond motifs is 2. The number of hydrogen-bond donors (Lipinski definition) is 1. The van der Waals surface area contributed by atoms with Gasteiger partial charge in [0.1, 0.15) is 10.7 Å². The lowest BCUT2D eigenvalue weighted by molar-refractivity contribution is 0.0279. The molecule has 1 N–H and O–H groups in total. The van der Waals surface area contributed by atoms with Crippen molar-refractivity contribution < 1.29 is 22.5 Å². The van der Waals surface area contributed by atoms with Crippen molar-refractivity contribution in [1.29, 1.82) is 0 Å². The zero-order valence-corrected chi connectivity index (χ0v) is 21.3. The van der Waals surface area contributed by atoms with E-state index in [2.05, 4.69) is 15.3 Å². The molecule has 2 aromatic carbocycles. The zero-order chi connectivity index (χ0) is 25.6. The van der Waals surface area contributed by atoms with Gasteiger partial charge in [0, 0.05) is 40.0 Å². The van der Waals surface area contributed by atoms with Crippen LogP contribution in [0.5, 0.6) is 0 Å². The summed E-state index contributed by atoms with van der Waals surface area (Å²) in [4.78, 5) is 6.05. The minimum absolute atomic E-state index is 0.0162. The molecular weight excluding hydrogens is 515 g/mol. The van der Waals surface area contributed by atoms with Crippen LogP contribution in [-0.4, -0.2) is 51.8 Å². The molecule has 1 saturated heterocycles. The molecule has 6 rings (SSSR count). The van der Waals surface area contributed by atoms with Gasteiger partial charge in [-0.3, -0.25) is 4.98 Å². The first-order chi connectivity index (χ1) is 17.9. The molecule has 0 radical (unpaired) electrons. The summed E-state index contributed by atoms with van der Waals surface area (Å²) >= 11 is 1.41. The van der Waals surface area contributed by atoms with Crippen LogP contribution in [0.3, 0.4) is 0 Å². The van der Waals surface area contributed by atoms with E-state index in [0.717, 1.165) is 15.8 Å². The van der Waals surface area contributed by atoms with Gasteiger partial charge in [-0.05, 0) is 66.3 Å². The average molecular weight is 539 g/mol. The summed E-state index contributed by atoms with van der Waals surface area (Å²) in [5, 5.41) is 20.0. The first-order valence-corrected chi connectivity index (χ1v) is 14.2. The van der Waals surface area contributed by atoms with Crippen molar-refractivity contribution in [3.8, 4) is 0 Å². The second-order valence-corrected chi connectivity index (χ2v) is 12.1. The lowest BCUT2D eigenvalue weighted by atomic mass is 9.82. The van der Waals surface area contributed by atoms with Crippen molar-refractivity contribution >= 4 is 43.7 Å². The molecular formula is C26H23FN4O4S2. The molecule has 0 amide bonds. The first-order valence-electron chi connectivity index (χ1n) is 11.9. The van der Waals surface area contributed by atoms with Crippen molar-refractivity contribution in [1.82, 2.24) is 19.6 Å². The Morgan fingerprint density at radius 3 is 2.49 bits per heavy atom. The molecule has 3 heterocycles. The highest BCUT2D eigenvalue weighted by molar-refractivity contribution is 7.99. The lowest BCUT2D eigenvalue weighted by Crippen LogP contribution is -2.47. The van der Waals surface area contributed by atoms with Gasteiger partial charge >= 0.3 is 0 Å². The molecule has 11 heteroatoms. The molecule has 190 valence electrons. The molecule has 4 aromatic rings. The third kappa shape index (κ3) is 4.25. The Hall–Kier alpha value is -3.12. The minimum atomic E-state index is -3.97. The summed E-state index contributed by atoms with van der Waals surface area (Å²) in [7, 11) is -3.97. The minimum Gasteiger partial charge on any atom is -0.385 e. The molecule has 0 saturated carbocycles. The number of halogens is 1. The van der Waals surface area contributed by atoms with Crippen molar-refractivity contribution in [2.24, 2.45) is 0 Å². The van der Waals surface area contributed by atoms with Gasteiger partial charge in [-0.25, -0.2) is 17.4 Å². The molecule has 1 fully saturated rings. The van der Waals surface area contributed by atoms with Crippen LogP contribution in [0.1, 0.15) is 25.7 Å². The standard InChI is InChI=1S/C26H23FN4O4S2/c27-19-8-2-1-7-18(19)26(32)12-15-31(16-13-26)37(33,34)22-11-10-21(24-25(22)30-35-29-24)36-20-9-3-5-17-6-4-14-28-23(17)20/h3-11,14,32H,1-2,12-13,15-16H2. The van der Waals surface area contributed by atoms with Gasteiger partial charge in [0.2, 0.25) is 10.0 Å². The van der Waals surface area contributed by atoms with E-state index in [1.807, 2.05) is 30.3 Å². The number of aliphatic hydroxyl groups is 1. The molecule has 0 spiro atoms. The number of benzene rings is 2. The van der Waals surface area contributed by atoms with E-state index in [9.17, 15) is 17.9 Å². The van der Waals surface area contributed by atoms with Gasteiger partial charge in [0.15, 0.2) is 11.0 Å². The SMILES string of the molecule is O=S(=O)(c1ccc(Sc2cccc3cccnc23)c2nonc12)N1CCC(O)(C2=CCCC=C2F)CC1. The number of aromatic nitrogens is 3. The Bertz CT molecular complexity index is 1670. The molecule has 0 unspecified atom stereocenters. The number of para-hydroxylation sites is 1. The number of hydrogen-bond acceptors (Lipinski definition) is 8. The smallest absolute Gasteiger partial charge is 0.245 e. The maximum absolute atomic E-state index is 14.4. The highest BCUT2D eigenvalue weighted by Gasteiger charge is 2.42. The molecule has 2 aromatic heterocycles. The molecule has 0 atom stereocenters. The van der Waals surface area contributed by atoms with Crippen molar-refractivity contribution in [3.63, 3.8) is 0 Å². The third-order valence-electron chi connectivity index (χ3n) is 6.92. The van der Waals surface area contributed by atoms with Crippen LogP contribution in [0.4, 0.5) is 4.39 Å². The van der Waals surface area contributed by atoms with Gasteiger partial charge in [-0.2, -0.15) is 4.31 Å². The van der Waals surface area contributed by atoms with Gasteiger partial charge < -0.3 is 5.11 Å². The quantitative estimate of drug-likeness (QED) is 0.378. The summed E-state index contributed by atoms with van der Waals surface area (Å²) in [5.41, 5.74) is 0.194. The zero-order valence-electron chi connectivity index (χ0n) is 19.7. The number of piperidine rings is 1. The van der Waals surface area contributed by atoms with E-state index in [-0.39, 0.29) is 41.9 Å². The fraction of sp³-hybridized carbons (Fsp3) is 0.269. The summed E-state index contributed by atoms with van der Waals surface area (Å²) in [6.07, 6.45) is 6.36. The van der Waals surface area contributed by atoms with Crippen LogP contribution < -0.4 is 0 Å². The fourth-order valence-corrected chi connectivity index (χ4v) is 7.53. The van der Waals surface area contributed by atoms with E-state index in [1.54, 1.807) is 18.3 Å². The molecule has 2 aliphatic rings. The molecule has 0 bridgehead atoms. The van der Waals surface area contributed by atoms with Gasteiger partial charge in [-0.15, -0.1) is 0 Å². The Kier molecular flexibility index (Phi) is 6.10. The number of pyridine rings is 1. The largest absolute Gasteiger partial charge is 0.385 e. The topological polar surface area (TPSA) is 109 Å². The summed E-state index contributed by atoms with van der Waals surface area (Å²) < 4.78 is 47.9. The molecule has 1 aliphatic heterocycles. The summed E-state index contributed by atoms with van der Waals surface area (Å²) in [6, 6.07) is 12.9. The predicted octanol–water partition coefficient (Wildman–Crippen LogP) is 5.01. The Balaban J connectivity index is 1.28. The van der Waals surface area contributed by atoms with E-state index in [0.29, 0.717) is 23.3 Å². The first kappa shape index (κ1) is 24.2. The monoisotopic (exact) mass is 538 g/mol. The maximum Gasteiger partial charge on any atom is 0.245 e. The third-order valence-corrected chi connectivity index (χ3v) is 9.95. The number of nitrogens with zero attached hydrogens (tertiary/aromatic N) is 4. The number of allylic oxidation sites excluding steroid dienone is 2. The highest BCUT2D eigenvalue weighted by Crippen LogP contribution is 2.40. The van der Waals surface area contributed by atoms with Crippen LogP contribution in [0, 0.1) is 0 Å². The fourth-order valence-electron chi connectivity index (χ4n) is 4.95. The normalized spacial score (nSPS) is 18.6. The van der Waals surface area contributed by atoms with Gasteiger partial charge in [-0.1, -0.05) is 36.0 Å². The van der Waals surface area contributed by atoms with Crippen molar-refractivity contribution in [2.75, 3.05) is 13.1 Å². The van der Waals surface area contributed by atoms with E-state index < -0.39 is 21.5 Å². The van der Waals surface area contributed by atoms with E-state index >= 15 is 0 Å². The van der Waals surface area contributed by atoms with Crippen LogP contribution in [0.25, 0.3) is 21.9 Å². The Labute approximate surface area is 216 Å². The predicted molar refractivity (Wildman–Crippen MR) is 137 cm³/mol. The molecule has 8 nitrogen and oxygen atoms in total. The van der Waals surface area contributed by atoms with Crippen molar-refractivity contribution in [2.45, 2.75) is 46.0 Å². The second kappa shape index (κ2) is 9.32. The van der Waals surface area contributed by atoms with Gasteiger partial charge in [0.05, 0.1) is 11.1 Å². The molecule has 1 aliphatic carbocycles. The van der Waals surface area contributed by atoms with Crippen molar-refractivity contribution in [3.05, 3.63) is 72.2 Å².